The summed E-state index contributed by atoms with van der Waals surface area (Å²) in [6.45, 7) is 7.57. The fourth-order valence-corrected chi connectivity index (χ4v) is 1.96. The van der Waals surface area contributed by atoms with Gasteiger partial charge in [0.1, 0.15) is 6.61 Å². The monoisotopic (exact) mass is 219 g/mol. The Kier molecular flexibility index (Phi) is 2.62. The highest BCUT2D eigenvalue weighted by Gasteiger charge is 2.28. The fraction of sp³-hybridized carbons (Fsp3) is 0.462. The molecule has 2 rings (SSSR count). The van der Waals surface area contributed by atoms with E-state index in [1.165, 1.54) is 5.56 Å². The van der Waals surface area contributed by atoms with Crippen molar-refractivity contribution in [1.82, 2.24) is 0 Å². The van der Waals surface area contributed by atoms with Crippen molar-refractivity contribution >= 4 is 11.8 Å². The summed E-state index contributed by atoms with van der Waals surface area (Å²) in [6.07, 6.45) is -0.239. The molecule has 3 nitrogen and oxygen atoms in total. The Morgan fingerprint density at radius 1 is 1.25 bits per heavy atom. The number of carbonyl (C=O) groups excluding carboxylic acids is 1. The first-order chi connectivity index (χ1) is 7.50. The van der Waals surface area contributed by atoms with Crippen molar-refractivity contribution in [3.8, 4) is 0 Å². The molecule has 0 spiro atoms. The molecule has 0 radical (unpaired) electrons. The van der Waals surface area contributed by atoms with Crippen molar-refractivity contribution in [3.05, 3.63) is 29.8 Å². The van der Waals surface area contributed by atoms with Gasteiger partial charge in [0.25, 0.3) is 0 Å². The van der Waals surface area contributed by atoms with E-state index in [0.717, 1.165) is 5.69 Å². The highest BCUT2D eigenvalue weighted by Crippen LogP contribution is 2.32. The van der Waals surface area contributed by atoms with Crippen LogP contribution in [0, 0.1) is 0 Å². The second kappa shape index (κ2) is 3.81. The molecule has 1 saturated heterocycles. The Bertz CT molecular complexity index is 407. The zero-order chi connectivity index (χ0) is 11.8. The molecule has 0 N–H and O–H groups in total. The lowest BCUT2D eigenvalue weighted by Crippen LogP contribution is -2.27. The van der Waals surface area contributed by atoms with Gasteiger partial charge in [-0.05, 0) is 17.0 Å². The summed E-state index contributed by atoms with van der Waals surface area (Å²) in [5.41, 5.74) is 2.17. The molecule has 86 valence electrons. The summed E-state index contributed by atoms with van der Waals surface area (Å²) in [4.78, 5) is 13.3. The van der Waals surface area contributed by atoms with Crippen LogP contribution >= 0.6 is 0 Å². The maximum atomic E-state index is 11.6. The van der Waals surface area contributed by atoms with Crippen LogP contribution in [-0.4, -0.2) is 19.2 Å². The van der Waals surface area contributed by atoms with Crippen molar-refractivity contribution in [2.45, 2.75) is 26.2 Å². The van der Waals surface area contributed by atoms with Gasteiger partial charge in [0.05, 0.1) is 12.2 Å². The van der Waals surface area contributed by atoms with E-state index in [0.29, 0.717) is 13.2 Å². The summed E-state index contributed by atoms with van der Waals surface area (Å²) in [6, 6.07) is 8.01. The Morgan fingerprint density at radius 3 is 2.50 bits per heavy atom. The standard InChI is InChI=1S/C13H17NO2/c1-13(2,3)10-6-4-5-7-11(10)14-8-9-16-12(14)15/h4-7H,8-9H2,1-3H3. The van der Waals surface area contributed by atoms with Crippen molar-refractivity contribution < 1.29 is 9.53 Å². The number of para-hydroxylation sites is 1. The van der Waals surface area contributed by atoms with Gasteiger partial charge in [-0.25, -0.2) is 4.79 Å². The lowest BCUT2D eigenvalue weighted by Gasteiger charge is -2.26. The molecule has 1 aliphatic rings. The Hall–Kier alpha value is -1.51. The van der Waals surface area contributed by atoms with Crippen LogP contribution < -0.4 is 4.90 Å². The van der Waals surface area contributed by atoms with Gasteiger partial charge < -0.3 is 4.74 Å². The molecule has 0 aliphatic carbocycles. The second-order valence-electron chi connectivity index (χ2n) is 5.03. The van der Waals surface area contributed by atoms with Gasteiger partial charge in [0.2, 0.25) is 0 Å². The summed E-state index contributed by atoms with van der Waals surface area (Å²) in [5, 5.41) is 0. The van der Waals surface area contributed by atoms with Crippen LogP contribution in [0.15, 0.2) is 24.3 Å². The topological polar surface area (TPSA) is 29.5 Å². The van der Waals surface area contributed by atoms with Gasteiger partial charge in [-0.2, -0.15) is 0 Å². The molecule has 3 heteroatoms. The first-order valence-electron chi connectivity index (χ1n) is 5.54. The van der Waals surface area contributed by atoms with Gasteiger partial charge >= 0.3 is 6.09 Å². The molecule has 1 aromatic carbocycles. The van der Waals surface area contributed by atoms with Crippen LogP contribution in [0.2, 0.25) is 0 Å². The molecule has 0 atom stereocenters. The SMILES string of the molecule is CC(C)(C)c1ccccc1N1CCOC1=O. The first-order valence-corrected chi connectivity index (χ1v) is 5.54. The number of cyclic esters (lactones) is 1. The number of benzene rings is 1. The van der Waals surface area contributed by atoms with Crippen LogP contribution in [0.5, 0.6) is 0 Å². The average molecular weight is 219 g/mol. The number of ether oxygens (including phenoxy) is 1. The molecule has 1 amide bonds. The molecular formula is C13H17NO2. The van der Waals surface area contributed by atoms with Crippen LogP contribution in [0.1, 0.15) is 26.3 Å². The third kappa shape index (κ3) is 1.90. The van der Waals surface area contributed by atoms with E-state index in [4.69, 9.17) is 4.74 Å². The molecule has 0 unspecified atom stereocenters. The molecule has 1 heterocycles. The van der Waals surface area contributed by atoms with E-state index in [9.17, 15) is 4.79 Å². The largest absolute Gasteiger partial charge is 0.447 e. The number of hydrogen-bond acceptors (Lipinski definition) is 2. The van der Waals surface area contributed by atoms with Crippen molar-refractivity contribution in [2.75, 3.05) is 18.1 Å². The van der Waals surface area contributed by atoms with Gasteiger partial charge in [-0.1, -0.05) is 39.0 Å². The van der Waals surface area contributed by atoms with E-state index in [1.54, 1.807) is 4.90 Å². The zero-order valence-corrected chi connectivity index (χ0v) is 9.99. The summed E-state index contributed by atoms with van der Waals surface area (Å²) in [7, 11) is 0. The first kappa shape index (κ1) is 11.0. The van der Waals surface area contributed by atoms with Gasteiger partial charge in [0, 0.05) is 0 Å². The highest BCUT2D eigenvalue weighted by molar-refractivity contribution is 5.90. The maximum absolute atomic E-state index is 11.6. The maximum Gasteiger partial charge on any atom is 0.414 e. The van der Waals surface area contributed by atoms with Crippen molar-refractivity contribution in [1.29, 1.82) is 0 Å². The average Bonchev–Trinajstić information content (AvgIpc) is 2.63. The van der Waals surface area contributed by atoms with Crippen molar-refractivity contribution in [3.63, 3.8) is 0 Å². The van der Waals surface area contributed by atoms with Crippen LogP contribution in [0.4, 0.5) is 10.5 Å². The molecule has 16 heavy (non-hydrogen) atoms. The normalized spacial score (nSPS) is 16.4. The van der Waals surface area contributed by atoms with Gasteiger partial charge in [0.15, 0.2) is 0 Å². The minimum absolute atomic E-state index is 0.0272. The molecule has 1 aromatic rings. The Labute approximate surface area is 96.0 Å². The van der Waals surface area contributed by atoms with Crippen molar-refractivity contribution in [2.24, 2.45) is 0 Å². The minimum atomic E-state index is -0.239. The summed E-state index contributed by atoms with van der Waals surface area (Å²) in [5.74, 6) is 0. The van der Waals surface area contributed by atoms with Crippen LogP contribution in [0.3, 0.4) is 0 Å². The second-order valence-corrected chi connectivity index (χ2v) is 5.03. The number of nitrogens with zero attached hydrogens (tertiary/aromatic N) is 1. The van der Waals surface area contributed by atoms with Gasteiger partial charge in [-0.3, -0.25) is 4.90 Å². The lowest BCUT2D eigenvalue weighted by molar-refractivity contribution is 0.181. The zero-order valence-electron chi connectivity index (χ0n) is 9.99. The molecule has 0 bridgehead atoms. The number of carbonyl (C=O) groups is 1. The van der Waals surface area contributed by atoms with E-state index >= 15 is 0 Å². The fourth-order valence-electron chi connectivity index (χ4n) is 1.96. The quantitative estimate of drug-likeness (QED) is 0.726. The van der Waals surface area contributed by atoms with E-state index < -0.39 is 0 Å². The predicted octanol–water partition coefficient (Wildman–Crippen LogP) is 2.94. The summed E-state index contributed by atoms with van der Waals surface area (Å²) < 4.78 is 4.97. The molecular weight excluding hydrogens is 202 g/mol. The third-order valence-electron chi connectivity index (χ3n) is 2.76. The Balaban J connectivity index is 2.44. The Morgan fingerprint density at radius 2 is 1.94 bits per heavy atom. The van der Waals surface area contributed by atoms with E-state index in [-0.39, 0.29) is 11.5 Å². The van der Waals surface area contributed by atoms with Crippen LogP contribution in [0.25, 0.3) is 0 Å². The molecule has 0 aromatic heterocycles. The highest BCUT2D eigenvalue weighted by atomic mass is 16.6. The third-order valence-corrected chi connectivity index (χ3v) is 2.76. The number of hydrogen-bond donors (Lipinski definition) is 0. The van der Waals surface area contributed by atoms with Crippen LogP contribution in [-0.2, 0) is 10.2 Å². The summed E-state index contributed by atoms with van der Waals surface area (Å²) >= 11 is 0. The smallest absolute Gasteiger partial charge is 0.414 e. The van der Waals surface area contributed by atoms with Gasteiger partial charge in [-0.15, -0.1) is 0 Å². The van der Waals surface area contributed by atoms with E-state index in [1.807, 2.05) is 18.2 Å². The molecule has 1 aliphatic heterocycles. The predicted molar refractivity (Wildman–Crippen MR) is 63.8 cm³/mol. The number of rotatable bonds is 1. The lowest BCUT2D eigenvalue weighted by atomic mass is 9.85. The molecule has 1 fully saturated rings. The number of amides is 1. The number of anilines is 1. The minimum Gasteiger partial charge on any atom is -0.447 e. The molecule has 0 saturated carbocycles. The van der Waals surface area contributed by atoms with E-state index in [2.05, 4.69) is 26.8 Å².